The monoisotopic (exact) mass is 368 g/mol. The molecule has 1 heterocycles. The number of hydrogen-bond acceptors (Lipinski definition) is 6. The van der Waals surface area contributed by atoms with Gasteiger partial charge in [0.05, 0.1) is 21.1 Å². The van der Waals surface area contributed by atoms with E-state index in [0.29, 0.717) is 11.3 Å². The summed E-state index contributed by atoms with van der Waals surface area (Å²) >= 11 is 0.777. The molecule has 0 unspecified atom stereocenters. The number of carbonyl (C=O) groups is 2. The lowest BCUT2D eigenvalue weighted by molar-refractivity contribution is -0.385. The molecule has 26 heavy (non-hydrogen) atoms. The number of allylic oxidation sites excluding steroid dienone is 2. The first kappa shape index (κ1) is 17.4. The molecule has 2 amide bonds. The fourth-order valence-corrected chi connectivity index (χ4v) is 3.13. The van der Waals surface area contributed by atoms with Crippen molar-refractivity contribution in [3.05, 3.63) is 81.3 Å². The molecule has 2 aromatic rings. The number of hydrogen-bond donors (Lipinski definition) is 1. The summed E-state index contributed by atoms with van der Waals surface area (Å²) < 4.78 is 0. The Kier molecular flexibility index (Phi) is 4.85. The van der Waals surface area contributed by atoms with Gasteiger partial charge in [-0.25, -0.2) is 4.90 Å². The van der Waals surface area contributed by atoms with Crippen molar-refractivity contribution in [1.82, 2.24) is 0 Å². The van der Waals surface area contributed by atoms with Gasteiger partial charge in [0.2, 0.25) is 0 Å². The highest BCUT2D eigenvalue weighted by Crippen LogP contribution is 2.35. The van der Waals surface area contributed by atoms with Gasteiger partial charge < -0.3 is 5.11 Å². The van der Waals surface area contributed by atoms with Gasteiger partial charge in [0.15, 0.2) is 0 Å². The Hall–Kier alpha value is -3.39. The lowest BCUT2D eigenvalue weighted by atomic mass is 10.1. The Morgan fingerprint density at radius 3 is 2.46 bits per heavy atom. The van der Waals surface area contributed by atoms with Crippen LogP contribution in [0.4, 0.5) is 16.2 Å². The molecule has 0 spiro atoms. The molecule has 0 aliphatic carbocycles. The molecular weight excluding hydrogens is 356 g/mol. The van der Waals surface area contributed by atoms with E-state index in [1.807, 2.05) is 0 Å². The van der Waals surface area contributed by atoms with Crippen molar-refractivity contribution in [1.29, 1.82) is 0 Å². The number of phenolic OH excluding ortho intramolecular Hbond substituents is 1. The molecule has 2 aromatic carbocycles. The van der Waals surface area contributed by atoms with Crippen LogP contribution < -0.4 is 4.90 Å². The molecule has 0 radical (unpaired) electrons. The number of imide groups is 1. The van der Waals surface area contributed by atoms with Gasteiger partial charge in [-0.3, -0.25) is 19.7 Å². The first-order valence-corrected chi connectivity index (χ1v) is 8.26. The molecule has 0 saturated carbocycles. The number of nitro groups is 1. The normalized spacial score (nSPS) is 16.0. The third-order valence-corrected chi connectivity index (χ3v) is 4.45. The van der Waals surface area contributed by atoms with E-state index in [4.69, 9.17) is 0 Å². The number of rotatable bonds is 4. The molecule has 0 bridgehead atoms. The minimum absolute atomic E-state index is 0.0312. The molecule has 1 aliphatic heterocycles. The quantitative estimate of drug-likeness (QED) is 0.495. The van der Waals surface area contributed by atoms with Crippen molar-refractivity contribution in [2.45, 2.75) is 0 Å². The van der Waals surface area contributed by atoms with Crippen molar-refractivity contribution >= 4 is 40.4 Å². The van der Waals surface area contributed by atoms with E-state index in [2.05, 4.69) is 0 Å². The molecule has 1 saturated heterocycles. The highest BCUT2D eigenvalue weighted by Gasteiger charge is 2.35. The minimum Gasteiger partial charge on any atom is -0.508 e. The molecule has 8 heteroatoms. The molecule has 1 aliphatic rings. The Labute approximate surface area is 152 Å². The van der Waals surface area contributed by atoms with Crippen LogP contribution in [0, 0.1) is 10.1 Å². The summed E-state index contributed by atoms with van der Waals surface area (Å²) in [4.78, 5) is 36.3. The second-order valence-corrected chi connectivity index (χ2v) is 6.22. The molecule has 1 fully saturated rings. The lowest BCUT2D eigenvalue weighted by Gasteiger charge is -2.11. The van der Waals surface area contributed by atoms with Gasteiger partial charge in [0.1, 0.15) is 5.75 Å². The van der Waals surface area contributed by atoms with Gasteiger partial charge in [-0.05, 0) is 54.2 Å². The van der Waals surface area contributed by atoms with E-state index in [1.54, 1.807) is 18.2 Å². The molecule has 0 aromatic heterocycles. The number of thioether (sulfide) groups is 1. The molecule has 7 nitrogen and oxygen atoms in total. The number of carbonyl (C=O) groups excluding carboxylic acids is 2. The third kappa shape index (κ3) is 3.50. The van der Waals surface area contributed by atoms with E-state index in [1.165, 1.54) is 48.6 Å². The standard InChI is InChI=1S/C18H12N2O5S/c21-14-10-8-13(9-11-14)19-17(22)16(26-18(19)23)7-3-5-12-4-1-2-6-15(12)20(24)25/h1-11,21H/b5-3+,16-7-. The number of benzene rings is 2. The first-order chi connectivity index (χ1) is 12.5. The fraction of sp³-hybridized carbons (Fsp3) is 0. The summed E-state index contributed by atoms with van der Waals surface area (Å²) in [6, 6.07) is 11.9. The van der Waals surface area contributed by atoms with Crippen LogP contribution in [-0.2, 0) is 4.79 Å². The molecule has 1 N–H and O–H groups in total. The van der Waals surface area contributed by atoms with Crippen molar-refractivity contribution in [3.63, 3.8) is 0 Å². The van der Waals surface area contributed by atoms with Crippen LogP contribution in [0.15, 0.2) is 65.6 Å². The van der Waals surface area contributed by atoms with Crippen LogP contribution >= 0.6 is 11.8 Å². The van der Waals surface area contributed by atoms with E-state index in [-0.39, 0.29) is 16.3 Å². The maximum atomic E-state index is 12.4. The Morgan fingerprint density at radius 1 is 1.08 bits per heavy atom. The Morgan fingerprint density at radius 2 is 1.77 bits per heavy atom. The van der Waals surface area contributed by atoms with Gasteiger partial charge in [0, 0.05) is 6.07 Å². The van der Waals surface area contributed by atoms with E-state index >= 15 is 0 Å². The topological polar surface area (TPSA) is 101 Å². The summed E-state index contributed by atoms with van der Waals surface area (Å²) in [7, 11) is 0. The van der Waals surface area contributed by atoms with Crippen LogP contribution in [0.3, 0.4) is 0 Å². The average Bonchev–Trinajstić information content (AvgIpc) is 2.90. The number of amides is 2. The van der Waals surface area contributed by atoms with E-state index in [0.717, 1.165) is 16.7 Å². The van der Waals surface area contributed by atoms with Crippen LogP contribution in [-0.4, -0.2) is 21.2 Å². The highest BCUT2D eigenvalue weighted by molar-refractivity contribution is 8.18. The van der Waals surface area contributed by atoms with Crippen molar-refractivity contribution in [2.75, 3.05) is 4.90 Å². The maximum Gasteiger partial charge on any atom is 0.298 e. The van der Waals surface area contributed by atoms with Crippen LogP contribution in [0.25, 0.3) is 6.08 Å². The van der Waals surface area contributed by atoms with E-state index < -0.39 is 16.1 Å². The zero-order valence-electron chi connectivity index (χ0n) is 13.2. The van der Waals surface area contributed by atoms with Crippen LogP contribution in [0.5, 0.6) is 5.75 Å². The predicted molar refractivity (Wildman–Crippen MR) is 98.8 cm³/mol. The van der Waals surface area contributed by atoms with Crippen molar-refractivity contribution in [3.8, 4) is 5.75 Å². The zero-order valence-corrected chi connectivity index (χ0v) is 14.1. The second kappa shape index (κ2) is 7.24. The van der Waals surface area contributed by atoms with Gasteiger partial charge >= 0.3 is 0 Å². The smallest absolute Gasteiger partial charge is 0.298 e. The number of nitrogens with zero attached hydrogens (tertiary/aromatic N) is 2. The molecule has 3 rings (SSSR count). The highest BCUT2D eigenvalue weighted by atomic mass is 32.2. The zero-order chi connectivity index (χ0) is 18.7. The fourth-order valence-electron chi connectivity index (χ4n) is 2.34. The maximum absolute atomic E-state index is 12.4. The summed E-state index contributed by atoms with van der Waals surface area (Å²) in [5, 5.41) is 19.8. The SMILES string of the molecule is O=C1S/C(=C\C=C\c2ccccc2[N+](=O)[O-])C(=O)N1c1ccc(O)cc1. The first-order valence-electron chi connectivity index (χ1n) is 7.44. The molecule has 0 atom stereocenters. The second-order valence-electron chi connectivity index (χ2n) is 5.23. The van der Waals surface area contributed by atoms with E-state index in [9.17, 15) is 24.8 Å². The Balaban J connectivity index is 1.82. The van der Waals surface area contributed by atoms with Gasteiger partial charge in [-0.1, -0.05) is 18.2 Å². The van der Waals surface area contributed by atoms with Crippen molar-refractivity contribution in [2.24, 2.45) is 0 Å². The summed E-state index contributed by atoms with van der Waals surface area (Å²) in [5.41, 5.74) is 0.706. The number of nitro benzene ring substituents is 1. The largest absolute Gasteiger partial charge is 0.508 e. The van der Waals surface area contributed by atoms with Crippen LogP contribution in [0.2, 0.25) is 0 Å². The number of para-hydroxylation sites is 1. The average molecular weight is 368 g/mol. The summed E-state index contributed by atoms with van der Waals surface area (Å²) in [6.07, 6.45) is 4.45. The number of phenols is 1. The Bertz CT molecular complexity index is 950. The van der Waals surface area contributed by atoms with Gasteiger partial charge in [-0.2, -0.15) is 0 Å². The molecular formula is C18H12N2O5S. The molecule has 130 valence electrons. The van der Waals surface area contributed by atoms with Crippen molar-refractivity contribution < 1.29 is 19.6 Å². The third-order valence-electron chi connectivity index (χ3n) is 3.56. The minimum atomic E-state index is -0.488. The summed E-state index contributed by atoms with van der Waals surface area (Å²) in [5.74, 6) is -0.457. The lowest BCUT2D eigenvalue weighted by Crippen LogP contribution is -2.27. The summed E-state index contributed by atoms with van der Waals surface area (Å²) in [6.45, 7) is 0. The number of aromatic hydroxyl groups is 1. The van der Waals surface area contributed by atoms with Crippen LogP contribution in [0.1, 0.15) is 5.56 Å². The number of anilines is 1. The predicted octanol–water partition coefficient (Wildman–Crippen LogP) is 4.10. The van der Waals surface area contributed by atoms with Gasteiger partial charge in [0.25, 0.3) is 16.8 Å². The van der Waals surface area contributed by atoms with Gasteiger partial charge in [-0.15, -0.1) is 0 Å².